The number of rotatable bonds is 6. The van der Waals surface area contributed by atoms with E-state index in [4.69, 9.17) is 11.1 Å². The number of amides is 3. The minimum Gasteiger partial charge on any atom is -0.391 e. The number of nitrogens with one attached hydrogen (secondary N) is 2. The first-order valence-electron chi connectivity index (χ1n) is 11.8. The Bertz CT molecular complexity index is 1090. The topological polar surface area (TPSA) is 129 Å². The molecule has 0 bridgehead atoms. The predicted molar refractivity (Wildman–Crippen MR) is 131 cm³/mol. The maximum Gasteiger partial charge on any atom is 0.411 e. The van der Waals surface area contributed by atoms with Crippen LogP contribution in [0.1, 0.15) is 41.9 Å². The Kier molecular flexibility index (Phi) is 7.45. The summed E-state index contributed by atoms with van der Waals surface area (Å²) in [6, 6.07) is 16.3. The molecular weight excluding hydrogens is 446 g/mol. The molecule has 9 heteroatoms. The highest BCUT2D eigenvalue weighted by atomic mass is 16.6. The smallest absolute Gasteiger partial charge is 0.391 e. The molecule has 0 radical (unpaired) electrons. The predicted octanol–water partition coefficient (Wildman–Crippen LogP) is 2.20. The molecule has 0 spiro atoms. The van der Waals surface area contributed by atoms with Gasteiger partial charge in [-0.25, -0.2) is 4.79 Å². The van der Waals surface area contributed by atoms with E-state index in [-0.39, 0.29) is 23.8 Å². The highest BCUT2D eigenvalue weighted by molar-refractivity contribution is 5.97. The van der Waals surface area contributed by atoms with Crippen LogP contribution in [0.5, 0.6) is 0 Å². The summed E-state index contributed by atoms with van der Waals surface area (Å²) in [5.41, 5.74) is 7.42. The number of benzene rings is 2. The van der Waals surface area contributed by atoms with Gasteiger partial charge in [0.05, 0.1) is 6.04 Å². The number of likely N-dealkylation sites (N-methyl/N-ethyl adjacent to an activating group) is 1. The lowest BCUT2D eigenvalue weighted by Gasteiger charge is -2.45. The summed E-state index contributed by atoms with van der Waals surface area (Å²) in [5.74, 6) is -0.139. The Morgan fingerprint density at radius 2 is 1.74 bits per heavy atom. The summed E-state index contributed by atoms with van der Waals surface area (Å²) >= 11 is 0. The molecule has 3 amide bonds. The van der Waals surface area contributed by atoms with Crippen molar-refractivity contribution in [2.75, 3.05) is 20.1 Å². The maximum atomic E-state index is 13.4. The quantitative estimate of drug-likeness (QED) is 0.434. The van der Waals surface area contributed by atoms with Crippen LogP contribution in [0.4, 0.5) is 4.79 Å². The molecule has 2 saturated heterocycles. The summed E-state index contributed by atoms with van der Waals surface area (Å²) in [5, 5.41) is 10.6. The zero-order valence-electron chi connectivity index (χ0n) is 19.8. The Morgan fingerprint density at radius 3 is 2.37 bits per heavy atom. The molecule has 0 aliphatic carbocycles. The van der Waals surface area contributed by atoms with Gasteiger partial charge in [0.25, 0.3) is 0 Å². The van der Waals surface area contributed by atoms with Crippen molar-refractivity contribution in [2.45, 2.75) is 43.8 Å². The molecule has 3 atom stereocenters. The summed E-state index contributed by atoms with van der Waals surface area (Å²) in [6.07, 6.45) is 1.38. The minimum absolute atomic E-state index is 0.0249. The van der Waals surface area contributed by atoms with E-state index in [1.807, 2.05) is 25.2 Å². The van der Waals surface area contributed by atoms with Crippen molar-refractivity contribution in [2.24, 2.45) is 5.73 Å². The SMILES string of the molecule is CN1CC[C@H](c2ccccc2)C[C@@H]1C(=O)N1CC[C@H]1C(=O)NCc1ccc(C(=N)OC(N)=O)cc1. The fourth-order valence-electron chi connectivity index (χ4n) is 4.76. The summed E-state index contributed by atoms with van der Waals surface area (Å²) in [6.45, 7) is 1.73. The monoisotopic (exact) mass is 477 g/mol. The van der Waals surface area contributed by atoms with Gasteiger partial charge in [-0.3, -0.25) is 19.9 Å². The number of nitrogens with zero attached hydrogens (tertiary/aromatic N) is 2. The second kappa shape index (κ2) is 10.7. The Balaban J connectivity index is 1.31. The van der Waals surface area contributed by atoms with E-state index in [2.05, 4.69) is 27.1 Å². The number of likely N-dealkylation sites (tertiary alicyclic amines) is 2. The summed E-state index contributed by atoms with van der Waals surface area (Å²) in [4.78, 5) is 40.8. The van der Waals surface area contributed by atoms with Gasteiger partial charge in [0.15, 0.2) is 0 Å². The number of nitrogens with two attached hydrogens (primary N) is 1. The lowest BCUT2D eigenvalue weighted by molar-refractivity contribution is -0.152. The van der Waals surface area contributed by atoms with Crippen LogP contribution in [0.15, 0.2) is 54.6 Å². The number of piperidine rings is 1. The lowest BCUT2D eigenvalue weighted by atomic mass is 9.84. The first kappa shape index (κ1) is 24.4. The molecule has 2 aliphatic heterocycles. The summed E-state index contributed by atoms with van der Waals surface area (Å²) < 4.78 is 4.56. The molecule has 2 aromatic rings. The molecule has 184 valence electrons. The van der Waals surface area contributed by atoms with Crippen molar-refractivity contribution in [3.8, 4) is 0 Å². The van der Waals surface area contributed by atoms with Gasteiger partial charge >= 0.3 is 6.09 Å². The van der Waals surface area contributed by atoms with Crippen LogP contribution in [-0.4, -0.2) is 65.8 Å². The van der Waals surface area contributed by atoms with Crippen LogP contribution in [0.3, 0.4) is 0 Å². The van der Waals surface area contributed by atoms with Gasteiger partial charge in [-0.05, 0) is 62.0 Å². The fourth-order valence-corrected chi connectivity index (χ4v) is 4.76. The molecule has 4 N–H and O–H groups in total. The lowest BCUT2D eigenvalue weighted by Crippen LogP contribution is -2.62. The molecule has 0 saturated carbocycles. The average Bonchev–Trinajstić information content (AvgIpc) is 2.82. The average molecular weight is 478 g/mol. The van der Waals surface area contributed by atoms with Crippen LogP contribution in [0, 0.1) is 5.41 Å². The standard InChI is InChI=1S/C26H31N5O4/c1-30-13-11-20(18-5-3-2-4-6-18)15-22(30)25(33)31-14-12-21(31)24(32)29-16-17-7-9-19(10-8-17)23(27)35-26(28)34/h2-10,20-22,27H,11-16H2,1H3,(H2,28,34)(H,29,32)/t20-,21-,22+/m0/s1. The minimum atomic E-state index is -1.04. The van der Waals surface area contributed by atoms with Gasteiger partial charge in [0.2, 0.25) is 17.7 Å². The Morgan fingerprint density at radius 1 is 1.03 bits per heavy atom. The van der Waals surface area contributed by atoms with E-state index < -0.39 is 12.1 Å². The maximum absolute atomic E-state index is 13.4. The molecular formula is C26H31N5O4. The number of hydrogen-bond acceptors (Lipinski definition) is 6. The normalized spacial score (nSPS) is 22.1. The van der Waals surface area contributed by atoms with E-state index in [1.165, 1.54) is 5.56 Å². The Labute approximate surface area is 204 Å². The van der Waals surface area contributed by atoms with Gasteiger partial charge in [-0.2, -0.15) is 0 Å². The molecule has 4 rings (SSSR count). The van der Waals surface area contributed by atoms with Gasteiger partial charge < -0.3 is 20.7 Å². The fraction of sp³-hybridized carbons (Fsp3) is 0.385. The third-order valence-electron chi connectivity index (χ3n) is 6.92. The van der Waals surface area contributed by atoms with Crippen LogP contribution in [0.2, 0.25) is 0 Å². The van der Waals surface area contributed by atoms with E-state index in [9.17, 15) is 14.4 Å². The van der Waals surface area contributed by atoms with E-state index in [0.717, 1.165) is 24.9 Å². The highest BCUT2D eigenvalue weighted by Crippen LogP contribution is 2.33. The second-order valence-corrected chi connectivity index (χ2v) is 9.13. The van der Waals surface area contributed by atoms with Gasteiger partial charge in [-0.15, -0.1) is 0 Å². The van der Waals surface area contributed by atoms with E-state index in [1.54, 1.807) is 29.2 Å². The first-order chi connectivity index (χ1) is 16.8. The number of ether oxygens (including phenoxy) is 1. The number of carbonyl (C=O) groups excluding carboxylic acids is 3. The van der Waals surface area contributed by atoms with Gasteiger partial charge in [0, 0.05) is 18.7 Å². The van der Waals surface area contributed by atoms with Crippen molar-refractivity contribution >= 4 is 23.8 Å². The number of primary amides is 1. The summed E-state index contributed by atoms with van der Waals surface area (Å²) in [7, 11) is 1.98. The van der Waals surface area contributed by atoms with Crippen LogP contribution in [-0.2, 0) is 20.9 Å². The molecule has 2 aliphatic rings. The van der Waals surface area contributed by atoms with Crippen molar-refractivity contribution in [1.29, 1.82) is 5.41 Å². The molecule has 0 unspecified atom stereocenters. The van der Waals surface area contributed by atoms with Crippen molar-refractivity contribution in [1.82, 2.24) is 15.1 Å². The largest absolute Gasteiger partial charge is 0.411 e. The molecule has 9 nitrogen and oxygen atoms in total. The zero-order valence-corrected chi connectivity index (χ0v) is 19.8. The highest BCUT2D eigenvalue weighted by Gasteiger charge is 2.42. The second-order valence-electron chi connectivity index (χ2n) is 9.13. The van der Waals surface area contributed by atoms with E-state index >= 15 is 0 Å². The molecule has 0 aromatic heterocycles. The van der Waals surface area contributed by atoms with Crippen LogP contribution in [0.25, 0.3) is 0 Å². The Hall–Kier alpha value is -3.72. The van der Waals surface area contributed by atoms with Crippen molar-refractivity contribution in [3.63, 3.8) is 0 Å². The molecule has 2 aromatic carbocycles. The van der Waals surface area contributed by atoms with E-state index in [0.29, 0.717) is 31.0 Å². The van der Waals surface area contributed by atoms with Crippen molar-refractivity contribution < 1.29 is 19.1 Å². The molecule has 35 heavy (non-hydrogen) atoms. The van der Waals surface area contributed by atoms with Gasteiger partial charge in [0.1, 0.15) is 6.04 Å². The van der Waals surface area contributed by atoms with Crippen LogP contribution >= 0.6 is 0 Å². The third kappa shape index (κ3) is 5.68. The molecule has 2 heterocycles. The first-order valence-corrected chi connectivity index (χ1v) is 11.8. The third-order valence-corrected chi connectivity index (χ3v) is 6.92. The number of carbonyl (C=O) groups is 3. The van der Waals surface area contributed by atoms with Gasteiger partial charge in [-0.1, -0.05) is 42.5 Å². The van der Waals surface area contributed by atoms with Crippen molar-refractivity contribution in [3.05, 3.63) is 71.3 Å². The molecule has 2 fully saturated rings. The van der Waals surface area contributed by atoms with Crippen LogP contribution < -0.4 is 11.1 Å². The zero-order chi connectivity index (χ0) is 24.9. The number of hydrogen-bond donors (Lipinski definition) is 3.